The smallest absolute Gasteiger partial charge is 0.256 e. The van der Waals surface area contributed by atoms with Crippen LogP contribution >= 0.6 is 0 Å². The fraction of sp³-hybridized carbons (Fsp3) is 0.455. The molecule has 32 heavy (non-hydrogen) atoms. The molecule has 0 bridgehead atoms. The van der Waals surface area contributed by atoms with Crippen molar-refractivity contribution in [1.82, 2.24) is 29.5 Å². The summed E-state index contributed by atoms with van der Waals surface area (Å²) >= 11 is 0. The van der Waals surface area contributed by atoms with Crippen molar-refractivity contribution in [3.63, 3.8) is 0 Å². The molecular weight excluding hydrogens is 416 g/mol. The summed E-state index contributed by atoms with van der Waals surface area (Å²) in [6, 6.07) is 3.84. The van der Waals surface area contributed by atoms with Crippen molar-refractivity contribution in [1.29, 1.82) is 0 Å². The Kier molecular flexibility index (Phi) is 5.04. The van der Waals surface area contributed by atoms with Crippen LogP contribution in [0.5, 0.6) is 0 Å². The summed E-state index contributed by atoms with van der Waals surface area (Å²) in [6.07, 6.45) is 4.27. The Morgan fingerprint density at radius 3 is 2.78 bits per heavy atom. The Hall–Kier alpha value is -3.14. The summed E-state index contributed by atoms with van der Waals surface area (Å²) in [6.45, 7) is 3.13. The second-order valence-corrected chi connectivity index (χ2v) is 8.77. The molecule has 0 aliphatic heterocycles. The summed E-state index contributed by atoms with van der Waals surface area (Å²) in [5, 5.41) is 14.3. The highest BCUT2D eigenvalue weighted by molar-refractivity contribution is 5.93. The number of aliphatic hydroxyl groups is 1. The summed E-state index contributed by atoms with van der Waals surface area (Å²) in [5.41, 5.74) is 2.53. The Balaban J connectivity index is 1.43. The van der Waals surface area contributed by atoms with Crippen LogP contribution in [0.25, 0.3) is 33.5 Å². The third-order valence-corrected chi connectivity index (χ3v) is 6.21. The molecule has 0 spiro atoms. The van der Waals surface area contributed by atoms with Crippen molar-refractivity contribution in [2.45, 2.75) is 64.1 Å². The molecule has 8 nitrogen and oxygen atoms in total. The molecule has 0 radical (unpaired) electrons. The minimum absolute atomic E-state index is 0.226. The number of aromatic amines is 1. The summed E-state index contributed by atoms with van der Waals surface area (Å²) < 4.78 is 27.5. The number of alkyl halides is 2. The molecular formula is C22H25F2N7O. The van der Waals surface area contributed by atoms with Crippen molar-refractivity contribution in [2.24, 2.45) is 0 Å². The molecule has 4 aromatic rings. The molecule has 0 atom stereocenters. The molecule has 4 heterocycles. The summed E-state index contributed by atoms with van der Waals surface area (Å²) in [5.74, 6) is 1.04. The number of rotatable bonds is 5. The van der Waals surface area contributed by atoms with Gasteiger partial charge in [0, 0.05) is 29.4 Å². The molecule has 10 heteroatoms. The number of hydrogen-bond acceptors (Lipinski definition) is 6. The van der Waals surface area contributed by atoms with Gasteiger partial charge in [-0.3, -0.25) is 0 Å². The van der Waals surface area contributed by atoms with E-state index in [0.717, 1.165) is 36.6 Å². The van der Waals surface area contributed by atoms with E-state index < -0.39 is 18.6 Å². The van der Waals surface area contributed by atoms with Crippen LogP contribution < -0.4 is 5.32 Å². The number of fused-ring (bicyclic) bond motifs is 2. The van der Waals surface area contributed by atoms with Gasteiger partial charge in [0.25, 0.3) is 6.43 Å². The second-order valence-electron chi connectivity index (χ2n) is 8.77. The molecule has 0 unspecified atom stereocenters. The fourth-order valence-corrected chi connectivity index (χ4v) is 4.38. The number of aryl methyl sites for hydroxylation is 1. The van der Waals surface area contributed by atoms with E-state index in [1.807, 2.05) is 13.0 Å². The normalized spacial score (nSPS) is 21.6. The molecule has 1 aliphatic rings. The standard InChI is InChI=1S/C22H25F2N7O/c1-12-27-17-4-3-16(29-20(17)31(12)11-18(23)24)14-9-25-19-15(14)10-26-21(30-19)28-13-5-7-22(2,32)8-6-13/h3-4,9-10,13,18,32H,5-8,11H2,1-2H3,(H2,25,26,28,30)/t13-,22+. The van der Waals surface area contributed by atoms with Gasteiger partial charge in [-0.25, -0.2) is 23.7 Å². The number of halogens is 2. The van der Waals surface area contributed by atoms with E-state index in [2.05, 4.69) is 30.2 Å². The van der Waals surface area contributed by atoms with E-state index in [9.17, 15) is 13.9 Å². The third-order valence-electron chi connectivity index (χ3n) is 6.21. The van der Waals surface area contributed by atoms with Crippen LogP contribution in [0.4, 0.5) is 14.7 Å². The van der Waals surface area contributed by atoms with Gasteiger partial charge >= 0.3 is 0 Å². The Morgan fingerprint density at radius 1 is 1.25 bits per heavy atom. The van der Waals surface area contributed by atoms with Crippen LogP contribution in [-0.2, 0) is 6.54 Å². The summed E-state index contributed by atoms with van der Waals surface area (Å²) in [4.78, 5) is 21.2. The Labute approximate surface area is 183 Å². The zero-order valence-electron chi connectivity index (χ0n) is 17.9. The molecule has 5 rings (SSSR count). The lowest BCUT2D eigenvalue weighted by molar-refractivity contribution is 0.0195. The van der Waals surface area contributed by atoms with E-state index in [1.165, 1.54) is 4.57 Å². The van der Waals surface area contributed by atoms with Crippen molar-refractivity contribution in [2.75, 3.05) is 5.32 Å². The highest BCUT2D eigenvalue weighted by Gasteiger charge is 2.29. The Bertz CT molecular complexity index is 1270. The highest BCUT2D eigenvalue weighted by atomic mass is 19.3. The maximum Gasteiger partial charge on any atom is 0.256 e. The minimum Gasteiger partial charge on any atom is -0.390 e. The van der Waals surface area contributed by atoms with Crippen LogP contribution in [-0.4, -0.2) is 52.7 Å². The first-order chi connectivity index (χ1) is 15.3. The van der Waals surface area contributed by atoms with Crippen LogP contribution in [0.15, 0.2) is 24.5 Å². The first-order valence-corrected chi connectivity index (χ1v) is 10.7. The van der Waals surface area contributed by atoms with E-state index >= 15 is 0 Å². The molecule has 1 aliphatic carbocycles. The van der Waals surface area contributed by atoms with Crippen LogP contribution in [0.3, 0.4) is 0 Å². The molecule has 0 aromatic carbocycles. The van der Waals surface area contributed by atoms with Crippen LogP contribution in [0, 0.1) is 6.92 Å². The molecule has 1 fully saturated rings. The zero-order chi connectivity index (χ0) is 22.5. The molecule has 0 amide bonds. The van der Waals surface area contributed by atoms with Crippen LogP contribution in [0.1, 0.15) is 38.4 Å². The zero-order valence-corrected chi connectivity index (χ0v) is 17.9. The van der Waals surface area contributed by atoms with Gasteiger partial charge in [-0.2, -0.15) is 4.98 Å². The first kappa shape index (κ1) is 20.7. The Morgan fingerprint density at radius 2 is 2.03 bits per heavy atom. The SMILES string of the molecule is Cc1nc2ccc(-c3c[nH]c4nc(N[C@H]5CC[C@@](C)(O)CC5)ncc34)nc2n1CC(F)F. The lowest BCUT2D eigenvalue weighted by Gasteiger charge is -2.33. The van der Waals surface area contributed by atoms with Crippen molar-refractivity contribution >= 4 is 28.1 Å². The van der Waals surface area contributed by atoms with Crippen molar-refractivity contribution < 1.29 is 13.9 Å². The number of imidazole rings is 1. The molecule has 3 N–H and O–H groups in total. The predicted octanol–water partition coefficient (Wildman–Crippen LogP) is 4.05. The van der Waals surface area contributed by atoms with Crippen molar-refractivity contribution in [3.05, 3.63) is 30.4 Å². The topological polar surface area (TPSA) is 105 Å². The maximum atomic E-state index is 13.0. The quantitative estimate of drug-likeness (QED) is 0.432. The number of aromatic nitrogens is 6. The van der Waals surface area contributed by atoms with E-state index in [4.69, 9.17) is 0 Å². The van der Waals surface area contributed by atoms with Crippen molar-refractivity contribution in [3.8, 4) is 11.3 Å². The molecule has 168 valence electrons. The van der Waals surface area contributed by atoms with E-state index in [1.54, 1.807) is 25.4 Å². The lowest BCUT2D eigenvalue weighted by atomic mass is 9.84. The molecule has 0 saturated heterocycles. The largest absolute Gasteiger partial charge is 0.390 e. The van der Waals surface area contributed by atoms with Gasteiger partial charge in [0.1, 0.15) is 17.0 Å². The predicted molar refractivity (Wildman–Crippen MR) is 118 cm³/mol. The number of H-pyrrole nitrogens is 1. The average molecular weight is 441 g/mol. The van der Waals surface area contributed by atoms with Gasteiger partial charge in [-0.15, -0.1) is 0 Å². The van der Waals surface area contributed by atoms with Gasteiger partial charge in [-0.1, -0.05) is 0 Å². The number of pyridine rings is 1. The lowest BCUT2D eigenvalue weighted by Crippen LogP contribution is -2.36. The first-order valence-electron chi connectivity index (χ1n) is 10.7. The summed E-state index contributed by atoms with van der Waals surface area (Å²) in [7, 11) is 0. The van der Waals surface area contributed by atoms with E-state index in [-0.39, 0.29) is 6.04 Å². The highest BCUT2D eigenvalue weighted by Crippen LogP contribution is 2.31. The molecule has 4 aromatic heterocycles. The minimum atomic E-state index is -2.49. The third kappa shape index (κ3) is 3.90. The second kappa shape index (κ2) is 7.77. The van der Waals surface area contributed by atoms with E-state index in [0.29, 0.717) is 34.3 Å². The van der Waals surface area contributed by atoms with Gasteiger partial charge in [0.15, 0.2) is 5.65 Å². The number of hydrogen-bond donors (Lipinski definition) is 3. The van der Waals surface area contributed by atoms with Gasteiger partial charge in [0.05, 0.1) is 17.8 Å². The van der Waals surface area contributed by atoms with Gasteiger partial charge in [0.2, 0.25) is 5.95 Å². The van der Waals surface area contributed by atoms with Gasteiger partial charge < -0.3 is 20.0 Å². The number of nitrogens with zero attached hydrogens (tertiary/aromatic N) is 5. The number of nitrogens with one attached hydrogen (secondary N) is 2. The number of anilines is 1. The van der Waals surface area contributed by atoms with Gasteiger partial charge in [-0.05, 0) is 51.7 Å². The fourth-order valence-electron chi connectivity index (χ4n) is 4.38. The maximum absolute atomic E-state index is 13.0. The average Bonchev–Trinajstić information content (AvgIpc) is 3.29. The molecule has 1 saturated carbocycles. The monoisotopic (exact) mass is 441 g/mol. The van der Waals surface area contributed by atoms with Crippen LogP contribution in [0.2, 0.25) is 0 Å².